The summed E-state index contributed by atoms with van der Waals surface area (Å²) in [4.78, 5) is 23.1. The molecule has 0 saturated heterocycles. The molecule has 2 heterocycles. The average molecular weight is 262 g/mol. The van der Waals surface area contributed by atoms with Crippen molar-refractivity contribution in [3.63, 3.8) is 0 Å². The van der Waals surface area contributed by atoms with Gasteiger partial charge in [0.2, 0.25) is 0 Å². The molecule has 0 unspecified atom stereocenters. The van der Waals surface area contributed by atoms with E-state index in [1.165, 1.54) is 11.3 Å². The van der Waals surface area contributed by atoms with Crippen LogP contribution in [0.15, 0.2) is 6.20 Å². The minimum absolute atomic E-state index is 0.511. The molecule has 18 heavy (non-hydrogen) atoms. The summed E-state index contributed by atoms with van der Waals surface area (Å²) in [5.74, 6) is 0. The highest BCUT2D eigenvalue weighted by molar-refractivity contribution is 7.20. The van der Waals surface area contributed by atoms with E-state index >= 15 is 0 Å². The lowest BCUT2D eigenvalue weighted by Gasteiger charge is -2.10. The lowest BCUT2D eigenvalue weighted by molar-refractivity contribution is 0.112. The molecule has 2 aromatic rings. The lowest BCUT2D eigenvalue weighted by Crippen LogP contribution is -2.19. The highest BCUT2D eigenvalue weighted by Gasteiger charge is 2.25. The third kappa shape index (κ3) is 1.52. The molecule has 2 amide bonds. The molecule has 1 aliphatic rings. The van der Waals surface area contributed by atoms with E-state index in [1.807, 2.05) is 0 Å². The van der Waals surface area contributed by atoms with E-state index in [0.29, 0.717) is 10.6 Å². The number of aromatic nitrogens is 2. The number of aldehydes is 1. The van der Waals surface area contributed by atoms with Crippen molar-refractivity contribution in [3.05, 3.63) is 23.0 Å². The van der Waals surface area contributed by atoms with Crippen molar-refractivity contribution >= 4 is 28.7 Å². The van der Waals surface area contributed by atoms with Gasteiger partial charge in [-0.25, -0.2) is 4.79 Å². The van der Waals surface area contributed by atoms with Gasteiger partial charge in [0.15, 0.2) is 6.29 Å². The summed E-state index contributed by atoms with van der Waals surface area (Å²) in [6.45, 7) is 0. The number of thiophene rings is 1. The number of aromatic amines is 1. The van der Waals surface area contributed by atoms with Crippen LogP contribution < -0.4 is 11.1 Å². The topological polar surface area (TPSA) is 101 Å². The van der Waals surface area contributed by atoms with Gasteiger partial charge in [0.25, 0.3) is 0 Å². The van der Waals surface area contributed by atoms with E-state index in [1.54, 1.807) is 6.20 Å². The van der Waals surface area contributed by atoms with Crippen LogP contribution in [0.3, 0.4) is 0 Å². The lowest BCUT2D eigenvalue weighted by atomic mass is 9.94. The van der Waals surface area contributed by atoms with Gasteiger partial charge in [-0.1, -0.05) is 0 Å². The van der Waals surface area contributed by atoms with E-state index in [9.17, 15) is 9.59 Å². The molecule has 3 rings (SSSR count). The number of fused-ring (bicyclic) bond motifs is 3. The number of carbonyl (C=O) groups is 2. The smallest absolute Gasteiger partial charge is 0.317 e. The van der Waals surface area contributed by atoms with Crippen LogP contribution in [0.2, 0.25) is 0 Å². The van der Waals surface area contributed by atoms with E-state index < -0.39 is 6.03 Å². The third-order valence-corrected chi connectivity index (χ3v) is 4.19. The van der Waals surface area contributed by atoms with E-state index in [-0.39, 0.29) is 0 Å². The number of rotatable bonds is 2. The average Bonchev–Trinajstić information content (AvgIpc) is 2.90. The Morgan fingerprint density at radius 3 is 3.11 bits per heavy atom. The number of nitrogens with one attached hydrogen (secondary N) is 2. The number of anilines is 1. The normalized spacial score (nSPS) is 12.7. The standard InChI is InChI=1S/C11H10N4O2S/c12-11(17)14-10-7(4-16)5-1-2-8-6(3-13-15-8)9(5)18-10/h3-4H,1-2H2,(H,13,15)(H3,12,14,17). The summed E-state index contributed by atoms with van der Waals surface area (Å²) in [6.07, 6.45) is 4.09. The first-order chi connectivity index (χ1) is 8.70. The molecule has 1 aliphatic carbocycles. The van der Waals surface area contributed by atoms with Crippen LogP contribution in [-0.4, -0.2) is 22.5 Å². The van der Waals surface area contributed by atoms with E-state index in [0.717, 1.165) is 40.8 Å². The Balaban J connectivity index is 2.17. The van der Waals surface area contributed by atoms with Gasteiger partial charge in [0.1, 0.15) is 5.00 Å². The predicted molar refractivity (Wildman–Crippen MR) is 67.9 cm³/mol. The molecular formula is C11H10N4O2S. The van der Waals surface area contributed by atoms with Gasteiger partial charge in [-0.15, -0.1) is 11.3 Å². The van der Waals surface area contributed by atoms with Crippen LogP contribution in [-0.2, 0) is 12.8 Å². The molecule has 0 saturated carbocycles. The Kier molecular flexibility index (Phi) is 2.41. The van der Waals surface area contributed by atoms with Crippen LogP contribution in [0.25, 0.3) is 10.4 Å². The number of hydrogen-bond acceptors (Lipinski definition) is 4. The van der Waals surface area contributed by atoms with Gasteiger partial charge in [-0.3, -0.25) is 15.2 Å². The number of aryl methyl sites for hydroxylation is 1. The summed E-state index contributed by atoms with van der Waals surface area (Å²) in [6, 6.07) is -0.663. The molecule has 0 bridgehead atoms. The summed E-state index contributed by atoms with van der Waals surface area (Å²) in [5.41, 5.74) is 8.66. The van der Waals surface area contributed by atoms with Crippen molar-refractivity contribution in [1.29, 1.82) is 0 Å². The quantitative estimate of drug-likeness (QED) is 0.715. The Morgan fingerprint density at radius 2 is 2.39 bits per heavy atom. The van der Waals surface area contributed by atoms with Gasteiger partial charge in [-0.2, -0.15) is 5.10 Å². The molecule has 7 heteroatoms. The molecule has 0 fully saturated rings. The van der Waals surface area contributed by atoms with E-state index in [2.05, 4.69) is 15.5 Å². The summed E-state index contributed by atoms with van der Waals surface area (Å²) < 4.78 is 0. The number of primary amides is 1. The Hall–Kier alpha value is -2.15. The van der Waals surface area contributed by atoms with Crippen LogP contribution >= 0.6 is 11.3 Å². The second-order valence-electron chi connectivity index (χ2n) is 4.02. The number of nitrogens with zero attached hydrogens (tertiary/aromatic N) is 1. The molecule has 0 atom stereocenters. The first-order valence-electron chi connectivity index (χ1n) is 5.40. The molecule has 6 nitrogen and oxygen atoms in total. The maximum absolute atomic E-state index is 11.2. The second kappa shape index (κ2) is 3.95. The van der Waals surface area contributed by atoms with Gasteiger partial charge >= 0.3 is 6.03 Å². The molecular weight excluding hydrogens is 252 g/mol. The van der Waals surface area contributed by atoms with Crippen molar-refractivity contribution in [3.8, 4) is 10.4 Å². The first-order valence-corrected chi connectivity index (χ1v) is 6.22. The van der Waals surface area contributed by atoms with Gasteiger partial charge < -0.3 is 5.73 Å². The van der Waals surface area contributed by atoms with Crippen molar-refractivity contribution in [1.82, 2.24) is 10.2 Å². The number of hydrogen-bond donors (Lipinski definition) is 3. The van der Waals surface area contributed by atoms with Crippen LogP contribution in [0.1, 0.15) is 21.6 Å². The largest absolute Gasteiger partial charge is 0.351 e. The number of carbonyl (C=O) groups excluding carboxylic acids is 2. The number of amides is 2. The zero-order valence-electron chi connectivity index (χ0n) is 9.32. The summed E-state index contributed by atoms with van der Waals surface area (Å²) in [5, 5.41) is 9.96. The Labute approximate surface area is 106 Å². The Bertz CT molecular complexity index is 644. The first kappa shape index (κ1) is 11.0. The van der Waals surface area contributed by atoms with Gasteiger partial charge in [-0.05, 0) is 18.4 Å². The molecule has 0 aromatic carbocycles. The van der Waals surface area contributed by atoms with Crippen LogP contribution in [0, 0.1) is 0 Å². The van der Waals surface area contributed by atoms with E-state index in [4.69, 9.17) is 5.73 Å². The fourth-order valence-corrected chi connectivity index (χ4v) is 3.48. The third-order valence-electron chi connectivity index (χ3n) is 2.99. The maximum atomic E-state index is 11.2. The second-order valence-corrected chi connectivity index (χ2v) is 5.04. The summed E-state index contributed by atoms with van der Waals surface area (Å²) >= 11 is 1.36. The monoisotopic (exact) mass is 262 g/mol. The zero-order chi connectivity index (χ0) is 12.7. The predicted octanol–water partition coefficient (Wildman–Crippen LogP) is 1.54. The molecule has 4 N–H and O–H groups in total. The van der Waals surface area contributed by atoms with Gasteiger partial charge in [0, 0.05) is 16.1 Å². The van der Waals surface area contributed by atoms with Crippen molar-refractivity contribution in [2.24, 2.45) is 5.73 Å². The molecule has 2 aromatic heterocycles. The minimum Gasteiger partial charge on any atom is -0.351 e. The van der Waals surface area contributed by atoms with Crippen LogP contribution in [0.4, 0.5) is 9.80 Å². The number of nitrogens with two attached hydrogens (primary N) is 1. The number of urea groups is 1. The van der Waals surface area contributed by atoms with Crippen molar-refractivity contribution in [2.45, 2.75) is 12.8 Å². The fraction of sp³-hybridized carbons (Fsp3) is 0.182. The van der Waals surface area contributed by atoms with Crippen LogP contribution in [0.5, 0.6) is 0 Å². The van der Waals surface area contributed by atoms with Crippen molar-refractivity contribution < 1.29 is 9.59 Å². The molecule has 0 spiro atoms. The maximum Gasteiger partial charge on any atom is 0.317 e. The van der Waals surface area contributed by atoms with Gasteiger partial charge in [0.05, 0.1) is 11.8 Å². The Morgan fingerprint density at radius 1 is 1.56 bits per heavy atom. The fourth-order valence-electron chi connectivity index (χ4n) is 2.22. The zero-order valence-corrected chi connectivity index (χ0v) is 10.1. The molecule has 0 radical (unpaired) electrons. The summed E-state index contributed by atoms with van der Waals surface area (Å²) in [7, 11) is 0. The SMILES string of the molecule is NC(=O)Nc1sc2c(c1C=O)CCc1[nH]ncc1-2. The highest BCUT2D eigenvalue weighted by Crippen LogP contribution is 2.43. The minimum atomic E-state index is -0.663. The highest BCUT2D eigenvalue weighted by atomic mass is 32.1. The molecule has 92 valence electrons. The van der Waals surface area contributed by atoms with Crippen molar-refractivity contribution in [2.75, 3.05) is 5.32 Å². The molecule has 0 aliphatic heterocycles. The number of H-pyrrole nitrogens is 1.